The molecule has 2 aliphatic rings. The minimum absolute atomic E-state index is 0.271. The Kier molecular flexibility index (Phi) is 7.62. The number of fused-ring (bicyclic) bond motifs is 1. The highest BCUT2D eigenvalue weighted by Crippen LogP contribution is 2.35. The number of alkyl halides is 3. The van der Waals surface area contributed by atoms with Crippen LogP contribution in [0.1, 0.15) is 17.7 Å². The van der Waals surface area contributed by atoms with E-state index in [1.165, 1.54) is 11.3 Å². The second kappa shape index (κ2) is 10.2. The van der Waals surface area contributed by atoms with E-state index in [9.17, 15) is 13.2 Å². The molecule has 1 saturated heterocycles. The Morgan fingerprint density at radius 1 is 1.30 bits per heavy atom. The molecule has 2 aromatic rings. The molecule has 2 aromatic heterocycles. The van der Waals surface area contributed by atoms with Crippen LogP contribution in [0.4, 0.5) is 13.2 Å². The fraction of sp³-hybridized carbons (Fsp3) is 0.526. The molecule has 0 aromatic carbocycles. The molecule has 3 atom stereocenters. The first-order valence-corrected chi connectivity index (χ1v) is 10.3. The van der Waals surface area contributed by atoms with E-state index in [2.05, 4.69) is 32.4 Å². The zero-order valence-electron chi connectivity index (χ0n) is 16.0. The Morgan fingerprint density at radius 3 is 2.67 bits per heavy atom. The Bertz CT molecular complexity index is 792. The van der Waals surface area contributed by atoms with Gasteiger partial charge in [-0.3, -0.25) is 4.90 Å². The molecule has 164 valence electrons. The number of hydrogen-bond donors (Lipinski definition) is 1. The van der Waals surface area contributed by atoms with E-state index in [4.69, 9.17) is 19.4 Å². The Labute approximate surface area is 175 Å². The van der Waals surface area contributed by atoms with Gasteiger partial charge in [-0.15, -0.1) is 11.3 Å². The Morgan fingerprint density at radius 2 is 2.03 bits per heavy atom. The Balaban J connectivity index is 0.000000318. The number of halogens is 3. The molecule has 0 amide bonds. The van der Waals surface area contributed by atoms with Gasteiger partial charge in [0.1, 0.15) is 0 Å². The summed E-state index contributed by atoms with van der Waals surface area (Å²) in [4.78, 5) is 21.2. The average molecular weight is 445 g/mol. The predicted molar refractivity (Wildman–Crippen MR) is 102 cm³/mol. The third-order valence-corrected chi connectivity index (χ3v) is 5.85. The van der Waals surface area contributed by atoms with Gasteiger partial charge in [-0.2, -0.15) is 13.2 Å². The fourth-order valence-electron chi connectivity index (χ4n) is 3.66. The van der Waals surface area contributed by atoms with Gasteiger partial charge in [0.05, 0.1) is 19.3 Å². The number of aromatic nitrogens is 2. The van der Waals surface area contributed by atoms with Crippen molar-refractivity contribution in [1.82, 2.24) is 14.9 Å². The number of aliphatic carboxylic acids is 1. The van der Waals surface area contributed by atoms with Crippen LogP contribution in [0, 0.1) is 5.92 Å². The molecule has 3 heterocycles. The molecular formula is C19H22F3N3O4S. The van der Waals surface area contributed by atoms with Crippen molar-refractivity contribution >= 4 is 17.3 Å². The summed E-state index contributed by atoms with van der Waals surface area (Å²) < 4.78 is 43.6. The van der Waals surface area contributed by atoms with Crippen LogP contribution in [-0.4, -0.2) is 64.0 Å². The molecular weight excluding hydrogens is 423 g/mol. The lowest BCUT2D eigenvalue weighted by Crippen LogP contribution is -2.50. The molecule has 0 bridgehead atoms. The number of carboxylic acid groups (broad SMARTS) is 1. The van der Waals surface area contributed by atoms with Gasteiger partial charge in [-0.25, -0.2) is 14.8 Å². The zero-order chi connectivity index (χ0) is 21.6. The number of nitrogens with zero attached hydrogens (tertiary/aromatic N) is 3. The highest BCUT2D eigenvalue weighted by molar-refractivity contribution is 7.09. The normalized spacial score (nSPS) is 23.9. The van der Waals surface area contributed by atoms with Gasteiger partial charge < -0.3 is 14.6 Å². The third-order valence-electron chi connectivity index (χ3n) is 4.99. The van der Waals surface area contributed by atoms with Crippen LogP contribution in [0.25, 0.3) is 0 Å². The summed E-state index contributed by atoms with van der Waals surface area (Å²) in [5, 5.41) is 9.28. The molecule has 2 fully saturated rings. The van der Waals surface area contributed by atoms with Crippen LogP contribution < -0.4 is 4.74 Å². The standard InChI is InChI=1S/C17H21N3O2S.C2HF3O2/c1-3-14(23-10-1)11-20-8-9-21-16-13(4-5-15(16)20)12-22-17-18-6-2-7-19-17;3-2(4,5)1(6)7/h1-3,6-7,10,13,15-16H,4-5,8-9,11-12H2;(H,6,7). The van der Waals surface area contributed by atoms with Gasteiger partial charge in [0, 0.05) is 42.3 Å². The predicted octanol–water partition coefficient (Wildman–Crippen LogP) is 3.23. The highest BCUT2D eigenvalue weighted by atomic mass is 32.1. The fourth-order valence-corrected chi connectivity index (χ4v) is 4.39. The second-order valence-corrected chi connectivity index (χ2v) is 7.97. The number of thiophene rings is 1. The molecule has 3 unspecified atom stereocenters. The van der Waals surface area contributed by atoms with E-state index in [1.807, 2.05) is 11.3 Å². The quantitative estimate of drug-likeness (QED) is 0.756. The number of rotatable bonds is 5. The van der Waals surface area contributed by atoms with Crippen molar-refractivity contribution in [2.45, 2.75) is 37.7 Å². The zero-order valence-corrected chi connectivity index (χ0v) is 16.8. The van der Waals surface area contributed by atoms with Crippen molar-refractivity contribution < 1.29 is 32.5 Å². The first kappa shape index (κ1) is 22.4. The summed E-state index contributed by atoms with van der Waals surface area (Å²) in [6.07, 6.45) is 0.926. The maximum Gasteiger partial charge on any atom is 0.490 e. The van der Waals surface area contributed by atoms with E-state index < -0.39 is 12.1 Å². The van der Waals surface area contributed by atoms with Crippen LogP contribution in [-0.2, 0) is 16.1 Å². The van der Waals surface area contributed by atoms with Crippen LogP contribution in [0.2, 0.25) is 0 Å². The first-order valence-electron chi connectivity index (χ1n) is 9.42. The van der Waals surface area contributed by atoms with E-state index in [0.717, 1.165) is 26.1 Å². The number of hydrogen-bond acceptors (Lipinski definition) is 7. The van der Waals surface area contributed by atoms with Crippen molar-refractivity contribution in [1.29, 1.82) is 0 Å². The number of morpholine rings is 1. The average Bonchev–Trinajstić information content (AvgIpc) is 3.37. The molecule has 1 saturated carbocycles. The molecule has 7 nitrogen and oxygen atoms in total. The lowest BCUT2D eigenvalue weighted by Gasteiger charge is -2.39. The molecule has 30 heavy (non-hydrogen) atoms. The number of carboxylic acids is 1. The monoisotopic (exact) mass is 445 g/mol. The summed E-state index contributed by atoms with van der Waals surface area (Å²) in [7, 11) is 0. The Hall–Kier alpha value is -2.24. The van der Waals surface area contributed by atoms with Gasteiger partial charge in [-0.1, -0.05) is 6.07 Å². The van der Waals surface area contributed by atoms with Crippen LogP contribution in [0.5, 0.6) is 6.01 Å². The smallest absolute Gasteiger partial charge is 0.475 e. The summed E-state index contributed by atoms with van der Waals surface area (Å²) in [6.45, 7) is 3.51. The number of ether oxygens (including phenoxy) is 2. The van der Waals surface area contributed by atoms with E-state index in [-0.39, 0.29) is 6.10 Å². The highest BCUT2D eigenvalue weighted by Gasteiger charge is 2.43. The maximum atomic E-state index is 10.6. The van der Waals surface area contributed by atoms with Gasteiger partial charge in [0.25, 0.3) is 0 Å². The SMILES string of the molecule is O=C(O)C(F)(F)F.c1cnc(OCC2CCC3C2OCCN3Cc2cccs2)nc1. The van der Waals surface area contributed by atoms with Crippen molar-refractivity contribution in [2.24, 2.45) is 5.92 Å². The molecule has 4 rings (SSSR count). The summed E-state index contributed by atoms with van der Waals surface area (Å²) >= 11 is 1.84. The minimum atomic E-state index is -5.08. The minimum Gasteiger partial charge on any atom is -0.475 e. The maximum absolute atomic E-state index is 10.6. The number of carbonyl (C=O) groups is 1. The van der Waals surface area contributed by atoms with Gasteiger partial charge in [-0.05, 0) is 30.4 Å². The second-order valence-electron chi connectivity index (χ2n) is 6.94. The largest absolute Gasteiger partial charge is 0.490 e. The van der Waals surface area contributed by atoms with Crippen molar-refractivity contribution in [3.63, 3.8) is 0 Å². The molecule has 0 radical (unpaired) electrons. The van der Waals surface area contributed by atoms with Crippen LogP contribution in [0.15, 0.2) is 36.0 Å². The van der Waals surface area contributed by atoms with E-state index in [1.54, 1.807) is 18.5 Å². The molecule has 11 heteroatoms. The van der Waals surface area contributed by atoms with E-state index in [0.29, 0.717) is 24.6 Å². The molecule has 0 spiro atoms. The summed E-state index contributed by atoms with van der Waals surface area (Å²) in [5.74, 6) is -2.33. The lowest BCUT2D eigenvalue weighted by molar-refractivity contribution is -0.192. The van der Waals surface area contributed by atoms with Gasteiger partial charge in [0.2, 0.25) is 0 Å². The van der Waals surface area contributed by atoms with Crippen LogP contribution >= 0.6 is 11.3 Å². The molecule has 1 aliphatic carbocycles. The topological polar surface area (TPSA) is 84.8 Å². The molecule has 1 aliphatic heterocycles. The molecule has 1 N–H and O–H groups in total. The van der Waals surface area contributed by atoms with E-state index >= 15 is 0 Å². The summed E-state index contributed by atoms with van der Waals surface area (Å²) in [6, 6.07) is 7.12. The van der Waals surface area contributed by atoms with Gasteiger partial charge >= 0.3 is 18.2 Å². The third kappa shape index (κ3) is 6.13. The van der Waals surface area contributed by atoms with Crippen molar-refractivity contribution in [3.05, 3.63) is 40.8 Å². The summed E-state index contributed by atoms with van der Waals surface area (Å²) in [5.41, 5.74) is 0. The van der Waals surface area contributed by atoms with Crippen molar-refractivity contribution in [2.75, 3.05) is 19.8 Å². The van der Waals surface area contributed by atoms with Crippen molar-refractivity contribution in [3.8, 4) is 6.01 Å². The first-order chi connectivity index (χ1) is 14.3. The van der Waals surface area contributed by atoms with Crippen LogP contribution in [0.3, 0.4) is 0 Å². The van der Waals surface area contributed by atoms with Gasteiger partial charge in [0.15, 0.2) is 0 Å². The lowest BCUT2D eigenvalue weighted by atomic mass is 10.0.